The molecule has 7 heteroatoms. The van der Waals surface area contributed by atoms with E-state index in [0.29, 0.717) is 32.6 Å². The van der Waals surface area contributed by atoms with Gasteiger partial charge in [-0.15, -0.1) is 0 Å². The lowest BCUT2D eigenvalue weighted by atomic mass is 9.92. The van der Waals surface area contributed by atoms with Crippen molar-refractivity contribution in [3.8, 4) is 5.75 Å². The van der Waals surface area contributed by atoms with Crippen molar-refractivity contribution in [2.75, 3.05) is 56.2 Å². The van der Waals surface area contributed by atoms with E-state index in [9.17, 15) is 14.7 Å². The lowest BCUT2D eigenvalue weighted by molar-refractivity contribution is -0.133. The van der Waals surface area contributed by atoms with Crippen LogP contribution in [0.4, 0.5) is 11.4 Å². The molecule has 2 atom stereocenters. The molecule has 0 bridgehead atoms. The predicted octanol–water partition coefficient (Wildman–Crippen LogP) is 1.86. The molecule has 0 radical (unpaired) electrons. The SMILES string of the molecule is COc1ccccc1N1CCN(C(=O)CN2C(=O)C3(CO)CC3c3ccccc32)CC1. The summed E-state index contributed by atoms with van der Waals surface area (Å²) in [6.45, 7) is 2.44. The predicted molar refractivity (Wildman–Crippen MR) is 117 cm³/mol. The van der Waals surface area contributed by atoms with Crippen molar-refractivity contribution < 1.29 is 19.4 Å². The second kappa shape index (κ2) is 7.57. The molecule has 1 saturated heterocycles. The Morgan fingerprint density at radius 2 is 1.74 bits per heavy atom. The first-order valence-electron chi connectivity index (χ1n) is 10.8. The van der Waals surface area contributed by atoms with Crippen LogP contribution in [-0.4, -0.2) is 68.3 Å². The highest BCUT2D eigenvalue weighted by molar-refractivity contribution is 6.07. The molecule has 2 aromatic rings. The number of ether oxygens (including phenoxy) is 1. The summed E-state index contributed by atoms with van der Waals surface area (Å²) in [7, 11) is 1.66. The summed E-state index contributed by atoms with van der Waals surface area (Å²) in [5.41, 5.74) is 2.16. The second-order valence-electron chi connectivity index (χ2n) is 8.56. The molecule has 162 valence electrons. The van der Waals surface area contributed by atoms with Crippen LogP contribution in [0.1, 0.15) is 17.9 Å². The summed E-state index contributed by atoms with van der Waals surface area (Å²) in [5, 5.41) is 9.91. The Labute approximate surface area is 181 Å². The highest BCUT2D eigenvalue weighted by atomic mass is 16.5. The van der Waals surface area contributed by atoms with Gasteiger partial charge in [0.15, 0.2) is 0 Å². The van der Waals surface area contributed by atoms with Gasteiger partial charge >= 0.3 is 0 Å². The number of hydrogen-bond acceptors (Lipinski definition) is 5. The molecule has 0 spiro atoms. The molecular weight excluding hydrogens is 394 g/mol. The largest absolute Gasteiger partial charge is 0.495 e. The van der Waals surface area contributed by atoms with Gasteiger partial charge in [-0.1, -0.05) is 30.3 Å². The summed E-state index contributed by atoms with van der Waals surface area (Å²) < 4.78 is 5.47. The van der Waals surface area contributed by atoms with Crippen molar-refractivity contribution in [1.29, 1.82) is 0 Å². The summed E-state index contributed by atoms with van der Waals surface area (Å²) in [6.07, 6.45) is 0.654. The maximum Gasteiger partial charge on any atom is 0.242 e. The third-order valence-electron chi connectivity index (χ3n) is 6.98. The van der Waals surface area contributed by atoms with Gasteiger partial charge in [0, 0.05) is 37.8 Å². The number of aliphatic hydroxyl groups is 1. The Morgan fingerprint density at radius 1 is 1.06 bits per heavy atom. The van der Waals surface area contributed by atoms with Gasteiger partial charge in [0.1, 0.15) is 12.3 Å². The number of piperazine rings is 1. The molecule has 7 nitrogen and oxygen atoms in total. The number of nitrogens with zero attached hydrogens (tertiary/aromatic N) is 3. The van der Waals surface area contributed by atoms with Gasteiger partial charge in [-0.05, 0) is 30.2 Å². The minimum atomic E-state index is -0.739. The molecule has 2 aromatic carbocycles. The van der Waals surface area contributed by atoms with Gasteiger partial charge in [-0.3, -0.25) is 9.59 Å². The zero-order valence-electron chi connectivity index (χ0n) is 17.7. The molecule has 0 aromatic heterocycles. The van der Waals surface area contributed by atoms with Crippen LogP contribution in [0, 0.1) is 5.41 Å². The second-order valence-corrected chi connectivity index (χ2v) is 8.56. The number of methoxy groups -OCH3 is 1. The van der Waals surface area contributed by atoms with Gasteiger partial charge in [0.2, 0.25) is 11.8 Å². The Morgan fingerprint density at radius 3 is 2.45 bits per heavy atom. The number of para-hydroxylation sites is 3. The van der Waals surface area contributed by atoms with Gasteiger partial charge in [0.25, 0.3) is 0 Å². The fourth-order valence-corrected chi connectivity index (χ4v) is 5.08. The minimum absolute atomic E-state index is 0.0129. The van der Waals surface area contributed by atoms with E-state index in [0.717, 1.165) is 22.7 Å². The maximum atomic E-state index is 13.2. The third-order valence-corrected chi connectivity index (χ3v) is 6.98. The fourth-order valence-electron chi connectivity index (χ4n) is 5.08. The molecule has 1 aliphatic carbocycles. The number of carbonyl (C=O) groups excluding carboxylic acids is 2. The highest BCUT2D eigenvalue weighted by Crippen LogP contribution is 2.64. The molecule has 2 heterocycles. The number of rotatable bonds is 5. The standard InChI is InChI=1S/C24H27N3O4/c1-31-21-9-5-4-8-20(21)25-10-12-26(13-11-25)22(29)15-27-19-7-3-2-6-17(19)18-14-24(18,16-28)23(27)30/h2-9,18,28H,10-16H2,1H3. The average molecular weight is 421 g/mol. The van der Waals surface area contributed by atoms with Crippen molar-refractivity contribution >= 4 is 23.2 Å². The first-order valence-corrected chi connectivity index (χ1v) is 10.8. The van der Waals surface area contributed by atoms with Crippen molar-refractivity contribution in [1.82, 2.24) is 4.90 Å². The minimum Gasteiger partial charge on any atom is -0.495 e. The summed E-state index contributed by atoms with van der Waals surface area (Å²) >= 11 is 0. The first kappa shape index (κ1) is 19.9. The van der Waals surface area contributed by atoms with Gasteiger partial charge in [-0.25, -0.2) is 0 Å². The van der Waals surface area contributed by atoms with E-state index < -0.39 is 5.41 Å². The topological polar surface area (TPSA) is 73.3 Å². The van der Waals surface area contributed by atoms with Gasteiger partial charge < -0.3 is 24.5 Å². The molecular formula is C24H27N3O4. The van der Waals surface area contributed by atoms with E-state index in [1.54, 1.807) is 12.0 Å². The van der Waals surface area contributed by atoms with Crippen LogP contribution in [0.3, 0.4) is 0 Å². The normalized spacial score (nSPS) is 24.5. The van der Waals surface area contributed by atoms with E-state index >= 15 is 0 Å². The highest BCUT2D eigenvalue weighted by Gasteiger charge is 2.65. The van der Waals surface area contributed by atoms with Crippen molar-refractivity contribution in [3.63, 3.8) is 0 Å². The number of hydrogen-bond donors (Lipinski definition) is 1. The average Bonchev–Trinajstić information content (AvgIpc) is 3.58. The van der Waals surface area contributed by atoms with Crippen molar-refractivity contribution in [3.05, 3.63) is 54.1 Å². The monoisotopic (exact) mass is 421 g/mol. The van der Waals surface area contributed by atoms with E-state index in [-0.39, 0.29) is 30.9 Å². The number of fused-ring (bicyclic) bond motifs is 3. The smallest absolute Gasteiger partial charge is 0.242 e. The lowest BCUT2D eigenvalue weighted by Gasteiger charge is -2.38. The van der Waals surface area contributed by atoms with Crippen LogP contribution in [-0.2, 0) is 9.59 Å². The van der Waals surface area contributed by atoms with Crippen molar-refractivity contribution in [2.45, 2.75) is 12.3 Å². The van der Waals surface area contributed by atoms with Crippen LogP contribution < -0.4 is 14.5 Å². The Balaban J connectivity index is 1.29. The summed E-state index contributed by atoms with van der Waals surface area (Å²) in [6, 6.07) is 15.6. The maximum absolute atomic E-state index is 13.2. The molecule has 1 saturated carbocycles. The molecule has 2 amide bonds. The van der Waals surface area contributed by atoms with E-state index in [4.69, 9.17) is 4.74 Å². The fraction of sp³-hybridized carbons (Fsp3) is 0.417. The lowest BCUT2D eigenvalue weighted by Crippen LogP contribution is -2.53. The molecule has 2 unspecified atom stereocenters. The van der Waals surface area contributed by atoms with Crippen LogP contribution in [0.25, 0.3) is 0 Å². The molecule has 31 heavy (non-hydrogen) atoms. The van der Waals surface area contributed by atoms with Crippen LogP contribution in [0.5, 0.6) is 5.75 Å². The summed E-state index contributed by atoms with van der Waals surface area (Å²) in [5.74, 6) is 0.706. The van der Waals surface area contributed by atoms with E-state index in [1.807, 2.05) is 53.4 Å². The Kier molecular flexibility index (Phi) is 4.85. The van der Waals surface area contributed by atoms with Crippen LogP contribution >= 0.6 is 0 Å². The number of aliphatic hydroxyl groups excluding tert-OH is 1. The van der Waals surface area contributed by atoms with Crippen LogP contribution in [0.15, 0.2) is 48.5 Å². The molecule has 2 fully saturated rings. The zero-order chi connectivity index (χ0) is 21.6. The Hall–Kier alpha value is -3.06. The number of anilines is 2. The van der Waals surface area contributed by atoms with E-state index in [1.165, 1.54) is 0 Å². The van der Waals surface area contributed by atoms with E-state index in [2.05, 4.69) is 4.90 Å². The third kappa shape index (κ3) is 3.15. The summed E-state index contributed by atoms with van der Waals surface area (Å²) in [4.78, 5) is 31.9. The number of carbonyl (C=O) groups is 2. The molecule has 3 aliphatic rings. The molecule has 5 rings (SSSR count). The van der Waals surface area contributed by atoms with Gasteiger partial charge in [-0.2, -0.15) is 0 Å². The first-order chi connectivity index (χ1) is 15.1. The van der Waals surface area contributed by atoms with Crippen LogP contribution in [0.2, 0.25) is 0 Å². The molecule has 1 N–H and O–H groups in total. The van der Waals surface area contributed by atoms with Gasteiger partial charge in [0.05, 0.1) is 24.8 Å². The quantitative estimate of drug-likeness (QED) is 0.798. The number of benzene rings is 2. The zero-order valence-corrected chi connectivity index (χ0v) is 17.7. The number of amides is 2. The Bertz CT molecular complexity index is 1020. The molecule has 2 aliphatic heterocycles. The van der Waals surface area contributed by atoms with Crippen molar-refractivity contribution in [2.24, 2.45) is 5.41 Å².